The van der Waals surface area contributed by atoms with E-state index in [0.29, 0.717) is 0 Å². The zero-order chi connectivity index (χ0) is 17.6. The molecule has 0 unspecified atom stereocenters. The van der Waals surface area contributed by atoms with Crippen LogP contribution in [0, 0.1) is 20.8 Å². The van der Waals surface area contributed by atoms with Gasteiger partial charge >= 0.3 is 27.5 Å². The van der Waals surface area contributed by atoms with Gasteiger partial charge < -0.3 is 13.6 Å². The third kappa shape index (κ3) is 5.29. The van der Waals surface area contributed by atoms with Gasteiger partial charge in [0.2, 0.25) is 0 Å². The maximum atomic E-state index is 6.08. The zero-order valence-corrected chi connectivity index (χ0v) is 15.5. The molecule has 3 aromatic carbocycles. The van der Waals surface area contributed by atoms with Crippen molar-refractivity contribution in [2.24, 2.45) is 0 Å². The van der Waals surface area contributed by atoms with Crippen LogP contribution in [-0.2, 0) is 0 Å². The fourth-order valence-electron chi connectivity index (χ4n) is 2.27. The van der Waals surface area contributed by atoms with Crippen molar-refractivity contribution in [3.05, 3.63) is 89.5 Å². The van der Waals surface area contributed by atoms with Crippen molar-refractivity contribution < 1.29 is 13.6 Å². The van der Waals surface area contributed by atoms with Gasteiger partial charge in [-0.15, -0.1) is 0 Å². The minimum atomic E-state index is -1.64. The molecule has 3 nitrogen and oxygen atoms in total. The van der Waals surface area contributed by atoms with Crippen LogP contribution in [0.15, 0.2) is 72.8 Å². The summed E-state index contributed by atoms with van der Waals surface area (Å²) < 4.78 is 18.3. The fourth-order valence-corrected chi connectivity index (χ4v) is 3.48. The Morgan fingerprint density at radius 3 is 1.04 bits per heavy atom. The fraction of sp³-hybridized carbons (Fsp3) is 0.143. The summed E-state index contributed by atoms with van der Waals surface area (Å²) in [6, 6.07) is 23.6. The summed E-state index contributed by atoms with van der Waals surface area (Å²) in [5.74, 6) is 2.28. The van der Waals surface area contributed by atoms with Gasteiger partial charge in [0, 0.05) is 0 Å². The average Bonchev–Trinajstić information content (AvgIpc) is 2.61. The Bertz CT molecular complexity index is 741. The Kier molecular flexibility index (Phi) is 7.61. The molecule has 0 amide bonds. The van der Waals surface area contributed by atoms with Gasteiger partial charge in [0.05, 0.1) is 0 Å². The Labute approximate surface area is 168 Å². The third-order valence-corrected chi connectivity index (χ3v) is 4.84. The molecule has 0 aliphatic carbocycles. The van der Waals surface area contributed by atoms with E-state index in [2.05, 4.69) is 0 Å². The van der Waals surface area contributed by atoms with E-state index in [-0.39, 0.29) is 18.9 Å². The molecule has 0 aliphatic heterocycles. The molecule has 0 spiro atoms. The summed E-state index contributed by atoms with van der Waals surface area (Å²) in [4.78, 5) is 0. The van der Waals surface area contributed by atoms with Crippen LogP contribution >= 0.6 is 8.60 Å². The van der Waals surface area contributed by atoms with Crippen LogP contribution in [0.5, 0.6) is 17.2 Å². The summed E-state index contributed by atoms with van der Waals surface area (Å²) in [7, 11) is -1.64. The van der Waals surface area contributed by atoms with E-state index in [0.717, 1.165) is 33.9 Å². The second kappa shape index (κ2) is 9.69. The van der Waals surface area contributed by atoms with Gasteiger partial charge in [-0.1, -0.05) is 54.6 Å². The van der Waals surface area contributed by atoms with Gasteiger partial charge in [0.15, 0.2) is 0 Å². The molecule has 0 aromatic heterocycles. The molecule has 0 heterocycles. The number of hydrogen-bond donors (Lipinski definition) is 0. The second-order valence-corrected chi connectivity index (χ2v) is 6.79. The Balaban J connectivity index is 0.00000243. The van der Waals surface area contributed by atoms with Crippen molar-refractivity contribution in [1.82, 2.24) is 0 Å². The van der Waals surface area contributed by atoms with Gasteiger partial charge in [-0.05, 0) is 55.7 Å². The molecule has 26 heavy (non-hydrogen) atoms. The predicted molar refractivity (Wildman–Crippen MR) is 109 cm³/mol. The number of para-hydroxylation sites is 3. The summed E-state index contributed by atoms with van der Waals surface area (Å²) >= 11 is 0. The van der Waals surface area contributed by atoms with Crippen LogP contribution in [0.4, 0.5) is 0 Å². The van der Waals surface area contributed by atoms with Crippen LogP contribution in [-0.4, -0.2) is 18.9 Å². The average molecular weight is 360 g/mol. The first-order valence-corrected chi connectivity index (χ1v) is 9.24. The number of hydrogen-bond acceptors (Lipinski definition) is 3. The van der Waals surface area contributed by atoms with Gasteiger partial charge in [-0.2, -0.15) is 0 Å². The molecule has 0 N–H and O–H groups in total. The number of rotatable bonds is 6. The third-order valence-electron chi connectivity index (χ3n) is 3.80. The Morgan fingerprint density at radius 1 is 0.500 bits per heavy atom. The van der Waals surface area contributed by atoms with Crippen LogP contribution in [0.2, 0.25) is 0 Å². The molecular weight excluding hydrogens is 338 g/mol. The number of aryl methyl sites for hydroxylation is 3. The molecule has 0 atom stereocenters. The van der Waals surface area contributed by atoms with Crippen LogP contribution in [0.3, 0.4) is 0 Å². The van der Waals surface area contributed by atoms with Crippen molar-refractivity contribution in [3.8, 4) is 17.2 Å². The molecular formula is C21H22LiO3P. The molecule has 0 radical (unpaired) electrons. The van der Waals surface area contributed by atoms with E-state index < -0.39 is 8.60 Å². The van der Waals surface area contributed by atoms with E-state index in [1.165, 1.54) is 0 Å². The Morgan fingerprint density at radius 2 is 0.769 bits per heavy atom. The molecule has 3 rings (SSSR count). The van der Waals surface area contributed by atoms with E-state index in [9.17, 15) is 0 Å². The topological polar surface area (TPSA) is 27.7 Å². The first kappa shape index (κ1) is 20.4. The van der Waals surface area contributed by atoms with Crippen LogP contribution < -0.4 is 13.6 Å². The van der Waals surface area contributed by atoms with Crippen molar-refractivity contribution in [1.29, 1.82) is 0 Å². The van der Waals surface area contributed by atoms with E-state index in [4.69, 9.17) is 13.6 Å². The van der Waals surface area contributed by atoms with Gasteiger partial charge in [-0.3, -0.25) is 0 Å². The standard InChI is InChI=1S/C21H21O3P.Li.H/c1-16-10-4-7-13-19(16)22-25(23-20-14-8-5-11-17(20)2)24-21-15-9-6-12-18(21)3;;/h4-15H,1-3H3;;. The first-order valence-electron chi connectivity index (χ1n) is 8.14. The van der Waals surface area contributed by atoms with Crippen LogP contribution in [0.25, 0.3) is 0 Å². The monoisotopic (exact) mass is 360 g/mol. The maximum absolute atomic E-state index is 6.08. The minimum absolute atomic E-state index is 0. The van der Waals surface area contributed by atoms with E-state index in [1.807, 2.05) is 93.6 Å². The molecule has 130 valence electrons. The predicted octanol–water partition coefficient (Wildman–Crippen LogP) is 5.73. The quantitative estimate of drug-likeness (QED) is 0.415. The molecule has 5 heteroatoms. The van der Waals surface area contributed by atoms with Crippen molar-refractivity contribution in [2.45, 2.75) is 20.8 Å². The summed E-state index contributed by atoms with van der Waals surface area (Å²) in [6.45, 7) is 6.01. The van der Waals surface area contributed by atoms with Crippen molar-refractivity contribution >= 4 is 27.5 Å². The van der Waals surface area contributed by atoms with E-state index >= 15 is 0 Å². The molecule has 0 fully saturated rings. The number of benzene rings is 3. The summed E-state index contributed by atoms with van der Waals surface area (Å²) in [6.07, 6.45) is 0. The van der Waals surface area contributed by atoms with Crippen molar-refractivity contribution in [3.63, 3.8) is 0 Å². The Hall–Kier alpha value is -1.91. The molecule has 3 aromatic rings. The van der Waals surface area contributed by atoms with Gasteiger partial charge in [0.1, 0.15) is 17.2 Å². The normalized spacial score (nSPS) is 10.2. The van der Waals surface area contributed by atoms with Gasteiger partial charge in [0.25, 0.3) is 0 Å². The van der Waals surface area contributed by atoms with E-state index in [1.54, 1.807) is 0 Å². The zero-order valence-electron chi connectivity index (χ0n) is 14.6. The molecule has 0 aliphatic rings. The molecule has 0 bridgehead atoms. The first-order chi connectivity index (χ1) is 12.1. The van der Waals surface area contributed by atoms with Gasteiger partial charge in [-0.25, -0.2) is 0 Å². The second-order valence-electron chi connectivity index (χ2n) is 5.79. The SMILES string of the molecule is Cc1ccccc1OP(Oc1ccccc1C)Oc1ccccc1C.[LiH]. The summed E-state index contributed by atoms with van der Waals surface area (Å²) in [5.41, 5.74) is 3.12. The van der Waals surface area contributed by atoms with Crippen LogP contribution in [0.1, 0.15) is 16.7 Å². The molecule has 0 saturated carbocycles. The summed E-state index contributed by atoms with van der Waals surface area (Å²) in [5, 5.41) is 0. The molecule has 0 saturated heterocycles. The van der Waals surface area contributed by atoms with Crippen molar-refractivity contribution in [2.75, 3.05) is 0 Å².